The third-order valence-corrected chi connectivity index (χ3v) is 6.77. The predicted molar refractivity (Wildman–Crippen MR) is 161 cm³/mol. The van der Waals surface area contributed by atoms with Crippen LogP contribution in [0.4, 0.5) is 11.5 Å². The van der Waals surface area contributed by atoms with Crippen molar-refractivity contribution >= 4 is 17.3 Å². The lowest BCUT2D eigenvalue weighted by atomic mass is 10.1. The van der Waals surface area contributed by atoms with Gasteiger partial charge < -0.3 is 29.4 Å². The predicted octanol–water partition coefficient (Wildman–Crippen LogP) is 4.26. The number of fused-ring (bicyclic) bond motifs is 3. The summed E-state index contributed by atoms with van der Waals surface area (Å²) in [6.45, 7) is 5.30. The molecule has 4 aliphatic rings. The Hall–Kier alpha value is -5.13. The lowest BCUT2D eigenvalue weighted by Crippen LogP contribution is -2.21. The van der Waals surface area contributed by atoms with Gasteiger partial charge in [-0.1, -0.05) is 37.8 Å². The fraction of sp³-hybridized carbons (Fsp3) is 0.300. The molecule has 0 bridgehead atoms. The summed E-state index contributed by atoms with van der Waals surface area (Å²) in [6, 6.07) is 16.2. The number of hydrogen-bond donors (Lipinski definition) is 2. The van der Waals surface area contributed by atoms with Crippen LogP contribution in [0.25, 0.3) is 11.3 Å². The van der Waals surface area contributed by atoms with E-state index in [2.05, 4.69) is 25.2 Å². The van der Waals surface area contributed by atoms with E-state index in [0.717, 1.165) is 35.9 Å². The molecule has 12 heteroatoms. The number of aromatic nitrogens is 2. The van der Waals surface area contributed by atoms with E-state index in [1.54, 1.807) is 18.2 Å². The first-order valence-corrected chi connectivity index (χ1v) is 13.1. The van der Waals surface area contributed by atoms with Gasteiger partial charge in [-0.3, -0.25) is 19.9 Å². The van der Waals surface area contributed by atoms with Crippen LogP contribution in [-0.4, -0.2) is 54.2 Å². The standard InChI is InChI=1S/C17H17N3O4.C12H13N3O2.CH4/c1-23-16-14(24-11-12-5-3-2-4-6-12)8-7-13(15(16)20(21)22)17-18-9-10-19-17;1-7-14-10-8(12-13-5-6-15(7)12)3-4-9(16)11(10)17-2;/h2-8H,9-11H2,1H3,(H,18,19);3-4,13H,5-6H2,1-2H3;1H4. The van der Waals surface area contributed by atoms with Crippen LogP contribution >= 0.6 is 0 Å². The molecule has 0 amide bonds. The van der Waals surface area contributed by atoms with Gasteiger partial charge in [0.15, 0.2) is 11.5 Å². The lowest BCUT2D eigenvalue weighted by Gasteiger charge is -2.16. The average Bonchev–Trinajstić information content (AvgIpc) is 3.70. The number of hydrogen-bond acceptors (Lipinski definition) is 10. The topological polar surface area (TPSA) is 142 Å². The Balaban J connectivity index is 0.000000198. The van der Waals surface area contributed by atoms with E-state index in [0.29, 0.717) is 48.3 Å². The van der Waals surface area contributed by atoms with E-state index >= 15 is 0 Å². The van der Waals surface area contributed by atoms with Crippen LogP contribution in [0.2, 0.25) is 0 Å². The summed E-state index contributed by atoms with van der Waals surface area (Å²) in [5, 5.41) is 17.9. The molecule has 12 nitrogen and oxygen atoms in total. The van der Waals surface area contributed by atoms with Gasteiger partial charge >= 0.3 is 5.69 Å². The zero-order valence-electron chi connectivity index (χ0n) is 23.0. The van der Waals surface area contributed by atoms with E-state index in [4.69, 9.17) is 14.2 Å². The van der Waals surface area contributed by atoms with Crippen LogP contribution in [0.3, 0.4) is 0 Å². The molecule has 0 fully saturated rings. The van der Waals surface area contributed by atoms with Crippen molar-refractivity contribution < 1.29 is 19.1 Å². The zero-order valence-corrected chi connectivity index (χ0v) is 23.0. The summed E-state index contributed by atoms with van der Waals surface area (Å²) in [7, 11) is 2.90. The maximum atomic E-state index is 11.7. The van der Waals surface area contributed by atoms with Gasteiger partial charge in [-0.25, -0.2) is 4.98 Å². The molecule has 0 saturated carbocycles. The monoisotopic (exact) mass is 574 g/mol. The highest BCUT2D eigenvalue weighted by atomic mass is 16.6. The summed E-state index contributed by atoms with van der Waals surface area (Å²) >= 11 is 0. The normalized spacial score (nSPS) is 13.0. The minimum atomic E-state index is -0.466. The first-order valence-electron chi connectivity index (χ1n) is 13.1. The number of methoxy groups -OCH3 is 2. The van der Waals surface area contributed by atoms with Crippen molar-refractivity contribution in [3.8, 4) is 28.5 Å². The van der Waals surface area contributed by atoms with Gasteiger partial charge in [-0.05, 0) is 36.8 Å². The molecule has 42 heavy (non-hydrogen) atoms. The Bertz CT molecular complexity index is 1640. The van der Waals surface area contributed by atoms with Crippen LogP contribution < -0.4 is 30.3 Å². The first-order chi connectivity index (χ1) is 19.9. The third-order valence-electron chi connectivity index (χ3n) is 6.77. The van der Waals surface area contributed by atoms with Gasteiger partial charge in [-0.2, -0.15) is 0 Å². The second-order valence-electron chi connectivity index (χ2n) is 9.26. The van der Waals surface area contributed by atoms with Gasteiger partial charge in [0.2, 0.25) is 11.2 Å². The minimum absolute atomic E-state index is 0. The maximum Gasteiger partial charge on any atom is 0.325 e. The SMILES string of the molecule is C.COc1c(OCc2ccccc2)ccc(C2=NCCN2)c1[N+](=O)[O-].COc1c2nc(C)n3c(c-2ccc1=O)NCC3. The number of nitro benzene ring substituents is 1. The number of nitrogens with one attached hydrogen (secondary N) is 2. The second kappa shape index (κ2) is 13.0. The van der Waals surface area contributed by atoms with E-state index < -0.39 is 4.92 Å². The van der Waals surface area contributed by atoms with Gasteiger partial charge in [-0.15, -0.1) is 0 Å². The second-order valence-corrected chi connectivity index (χ2v) is 9.26. The Morgan fingerprint density at radius 2 is 1.71 bits per heavy atom. The molecular formula is C30H34N6O6. The molecule has 220 valence electrons. The third kappa shape index (κ3) is 5.82. The highest BCUT2D eigenvalue weighted by molar-refractivity contribution is 6.04. The molecule has 6 rings (SSSR count). The fourth-order valence-electron chi connectivity index (χ4n) is 4.88. The van der Waals surface area contributed by atoms with Crippen molar-refractivity contribution in [1.29, 1.82) is 0 Å². The Morgan fingerprint density at radius 3 is 2.38 bits per heavy atom. The number of nitro groups is 1. The molecular weight excluding hydrogens is 540 g/mol. The summed E-state index contributed by atoms with van der Waals surface area (Å²) in [4.78, 5) is 31.5. The Labute approximate surface area is 243 Å². The maximum absolute atomic E-state index is 11.7. The van der Waals surface area contributed by atoms with Crippen molar-refractivity contribution in [3.05, 3.63) is 91.9 Å². The van der Waals surface area contributed by atoms with E-state index in [1.807, 2.05) is 37.3 Å². The molecule has 2 aromatic rings. The number of aliphatic imine (C=N–C) groups is 1. The lowest BCUT2D eigenvalue weighted by molar-refractivity contribution is -0.386. The quantitative estimate of drug-likeness (QED) is 0.245. The number of nitrogens with zero attached hydrogens (tertiary/aromatic N) is 4. The van der Waals surface area contributed by atoms with Crippen molar-refractivity contribution in [2.45, 2.75) is 27.5 Å². The summed E-state index contributed by atoms with van der Waals surface area (Å²) in [5.74, 6) is 3.17. The fourth-order valence-corrected chi connectivity index (χ4v) is 4.88. The highest BCUT2D eigenvalue weighted by Gasteiger charge is 2.29. The molecule has 0 atom stereocenters. The summed E-state index contributed by atoms with van der Waals surface area (Å²) in [5.41, 5.74) is 2.67. The van der Waals surface area contributed by atoms with Gasteiger partial charge in [0.25, 0.3) is 0 Å². The first kappa shape index (κ1) is 29.8. The number of amidine groups is 1. The molecule has 1 aliphatic carbocycles. The smallest absolute Gasteiger partial charge is 0.325 e. The van der Waals surface area contributed by atoms with Gasteiger partial charge in [0, 0.05) is 25.2 Å². The van der Waals surface area contributed by atoms with Crippen molar-refractivity contribution in [2.75, 3.05) is 39.2 Å². The van der Waals surface area contributed by atoms with Crippen LogP contribution in [0, 0.1) is 17.0 Å². The van der Waals surface area contributed by atoms with Crippen molar-refractivity contribution in [2.24, 2.45) is 4.99 Å². The van der Waals surface area contributed by atoms with Crippen molar-refractivity contribution in [3.63, 3.8) is 0 Å². The number of anilines is 1. The van der Waals surface area contributed by atoms with E-state index in [1.165, 1.54) is 20.3 Å². The molecule has 2 N–H and O–H groups in total. The largest absolute Gasteiger partial charge is 0.491 e. The van der Waals surface area contributed by atoms with Crippen LogP contribution in [0.5, 0.6) is 17.2 Å². The minimum Gasteiger partial charge on any atom is -0.491 e. The van der Waals surface area contributed by atoms with Crippen LogP contribution in [-0.2, 0) is 13.2 Å². The molecule has 3 aliphatic heterocycles. The number of benzene rings is 3. The molecule has 3 heterocycles. The molecule has 0 spiro atoms. The van der Waals surface area contributed by atoms with Gasteiger partial charge in [0.1, 0.15) is 29.8 Å². The Kier molecular flexibility index (Phi) is 9.25. The number of aryl methyl sites for hydroxylation is 1. The van der Waals surface area contributed by atoms with Crippen molar-refractivity contribution in [1.82, 2.24) is 14.9 Å². The van der Waals surface area contributed by atoms with Crippen LogP contribution in [0.1, 0.15) is 24.4 Å². The summed E-state index contributed by atoms with van der Waals surface area (Å²) in [6.07, 6.45) is 0. The molecule has 0 saturated heterocycles. The summed E-state index contributed by atoms with van der Waals surface area (Å²) < 4.78 is 18.3. The van der Waals surface area contributed by atoms with E-state index in [9.17, 15) is 14.9 Å². The molecule has 2 aromatic carbocycles. The Morgan fingerprint density at radius 1 is 0.976 bits per heavy atom. The number of ether oxygens (including phenoxy) is 3. The molecule has 0 radical (unpaired) electrons. The average molecular weight is 575 g/mol. The number of rotatable bonds is 7. The molecule has 0 aromatic heterocycles. The van der Waals surface area contributed by atoms with E-state index in [-0.39, 0.29) is 24.3 Å². The van der Waals surface area contributed by atoms with Crippen LogP contribution in [0.15, 0.2) is 64.4 Å². The molecule has 0 unspecified atom stereocenters. The van der Waals surface area contributed by atoms with Gasteiger partial charge in [0.05, 0.1) is 31.3 Å². The zero-order chi connectivity index (χ0) is 28.9. The highest BCUT2D eigenvalue weighted by Crippen LogP contribution is 2.40.